The minimum Gasteiger partial charge on any atom is -0.0761 e. The van der Waals surface area contributed by atoms with Gasteiger partial charge >= 0.3 is 0 Å². The molecule has 0 saturated heterocycles. The molecule has 0 N–H and O–H groups in total. The van der Waals surface area contributed by atoms with Crippen LogP contribution in [0, 0.1) is 15.9 Å². The van der Waals surface area contributed by atoms with Crippen LogP contribution in [0.4, 0.5) is 0 Å². The third-order valence-electron chi connectivity index (χ3n) is 7.66. The average molecular weight is 453 g/mol. The molecule has 2 aromatic carbocycles. The van der Waals surface area contributed by atoms with Crippen molar-refractivity contribution in [1.82, 2.24) is 0 Å². The van der Waals surface area contributed by atoms with Crippen LogP contribution in [0.2, 0.25) is 0 Å². The Morgan fingerprint density at radius 3 is 1.91 bits per heavy atom. The minimum absolute atomic E-state index is 0.0636. The highest BCUT2D eigenvalue weighted by atomic mass is 14.3. The van der Waals surface area contributed by atoms with Crippen molar-refractivity contribution in [3.05, 3.63) is 84.6 Å². The number of rotatable bonds is 1. The normalized spacial score (nSPS) is 15.8. The van der Waals surface area contributed by atoms with E-state index in [0.717, 1.165) is 6.42 Å². The molecule has 0 spiro atoms. The lowest BCUT2D eigenvalue weighted by Crippen LogP contribution is -2.28. The van der Waals surface area contributed by atoms with Gasteiger partial charge in [0, 0.05) is 0 Å². The summed E-state index contributed by atoms with van der Waals surface area (Å²) in [6.45, 7) is 28.0. The molecule has 0 heterocycles. The van der Waals surface area contributed by atoms with E-state index in [2.05, 4.69) is 120 Å². The third-order valence-corrected chi connectivity index (χ3v) is 7.66. The highest BCUT2D eigenvalue weighted by Gasteiger charge is 2.29. The SMILES string of the molecule is CC1=C(c2c3c(cc(C(C)(C)C)c2=C(C)C)=c2cc(C(C)(C)C)ccc2=C3)CC=C1C(C)(C)C. The molecule has 2 aliphatic rings. The molecule has 0 aromatic heterocycles. The summed E-state index contributed by atoms with van der Waals surface area (Å²) in [5.41, 5.74) is 12.0. The Labute approximate surface area is 207 Å². The fraction of sp³-hybridized carbons (Fsp3) is 0.471. The van der Waals surface area contributed by atoms with Crippen LogP contribution in [0.5, 0.6) is 0 Å². The Kier molecular flexibility index (Phi) is 5.71. The van der Waals surface area contributed by atoms with Crippen molar-refractivity contribution in [2.45, 2.75) is 100 Å². The van der Waals surface area contributed by atoms with Crippen LogP contribution >= 0.6 is 0 Å². The number of hydrogen-bond acceptors (Lipinski definition) is 0. The van der Waals surface area contributed by atoms with Gasteiger partial charge in [0.15, 0.2) is 0 Å². The molecule has 0 amide bonds. The zero-order chi connectivity index (χ0) is 25.4. The lowest BCUT2D eigenvalue weighted by Gasteiger charge is -2.26. The standard InChI is InChI=1S/C34H44/c1-20(2)30-29(34(10,11)12)19-26-25-18-23(32(4,5)6)14-13-22(25)17-27(26)31(30)24-15-16-28(21(24)3)33(7,8)9/h13-14,16-19H,15H2,1-12H3. The second-order valence-corrected chi connectivity index (χ2v) is 13.8. The Morgan fingerprint density at radius 1 is 0.765 bits per heavy atom. The highest BCUT2D eigenvalue weighted by Crippen LogP contribution is 2.43. The van der Waals surface area contributed by atoms with Crippen molar-refractivity contribution in [1.29, 1.82) is 0 Å². The number of allylic oxidation sites excluding steroid dienone is 4. The number of benzene rings is 2. The molecule has 0 saturated carbocycles. The van der Waals surface area contributed by atoms with Crippen molar-refractivity contribution in [2.75, 3.05) is 0 Å². The van der Waals surface area contributed by atoms with Gasteiger partial charge in [-0.3, -0.25) is 0 Å². The van der Waals surface area contributed by atoms with E-state index in [1.54, 1.807) is 0 Å². The summed E-state index contributed by atoms with van der Waals surface area (Å²) in [4.78, 5) is 0. The molecule has 0 fully saturated rings. The summed E-state index contributed by atoms with van der Waals surface area (Å²) in [6, 6.07) is 9.63. The maximum atomic E-state index is 2.51. The van der Waals surface area contributed by atoms with Gasteiger partial charge in [0.05, 0.1) is 0 Å². The summed E-state index contributed by atoms with van der Waals surface area (Å²) < 4.78 is 0. The van der Waals surface area contributed by atoms with Gasteiger partial charge in [-0.2, -0.15) is 0 Å². The molecule has 2 aromatic rings. The quantitative estimate of drug-likeness (QED) is 0.350. The van der Waals surface area contributed by atoms with Gasteiger partial charge in [0.25, 0.3) is 0 Å². The molecule has 2 aliphatic carbocycles. The first-order valence-corrected chi connectivity index (χ1v) is 12.9. The monoisotopic (exact) mass is 452 g/mol. The fourth-order valence-corrected chi connectivity index (χ4v) is 5.86. The lowest BCUT2D eigenvalue weighted by atomic mass is 9.78. The fourth-order valence-electron chi connectivity index (χ4n) is 5.86. The predicted molar refractivity (Wildman–Crippen MR) is 150 cm³/mol. The van der Waals surface area contributed by atoms with E-state index in [-0.39, 0.29) is 16.2 Å². The molecule has 0 bridgehead atoms. The van der Waals surface area contributed by atoms with Gasteiger partial charge < -0.3 is 0 Å². The van der Waals surface area contributed by atoms with Crippen LogP contribution < -0.4 is 10.4 Å². The van der Waals surface area contributed by atoms with Crippen molar-refractivity contribution in [3.63, 3.8) is 0 Å². The zero-order valence-electron chi connectivity index (χ0n) is 23.7. The topological polar surface area (TPSA) is 0 Å². The van der Waals surface area contributed by atoms with Gasteiger partial charge in [-0.1, -0.05) is 92.2 Å². The zero-order valence-corrected chi connectivity index (χ0v) is 23.7. The smallest absolute Gasteiger partial charge is 0.00646 e. The molecule has 0 aliphatic heterocycles. The van der Waals surface area contributed by atoms with Crippen LogP contribution in [-0.4, -0.2) is 0 Å². The van der Waals surface area contributed by atoms with E-state index in [1.807, 2.05) is 0 Å². The summed E-state index contributed by atoms with van der Waals surface area (Å²) in [5.74, 6) is 0. The Balaban J connectivity index is 2.23. The second-order valence-electron chi connectivity index (χ2n) is 13.8. The van der Waals surface area contributed by atoms with Crippen LogP contribution in [0.3, 0.4) is 0 Å². The second kappa shape index (κ2) is 7.84. The first-order valence-electron chi connectivity index (χ1n) is 12.9. The minimum atomic E-state index is 0.0636. The molecular formula is C34H44. The molecule has 0 atom stereocenters. The summed E-state index contributed by atoms with van der Waals surface area (Å²) >= 11 is 0. The maximum Gasteiger partial charge on any atom is -0.00646 e. The van der Waals surface area contributed by atoms with E-state index >= 15 is 0 Å². The maximum absolute atomic E-state index is 2.51. The predicted octanol–water partition coefficient (Wildman–Crippen LogP) is 8.05. The van der Waals surface area contributed by atoms with Crippen molar-refractivity contribution in [3.8, 4) is 0 Å². The van der Waals surface area contributed by atoms with E-state index in [0.29, 0.717) is 0 Å². The third kappa shape index (κ3) is 4.04. The van der Waals surface area contributed by atoms with Gasteiger partial charge in [0.2, 0.25) is 0 Å². The van der Waals surface area contributed by atoms with Crippen molar-refractivity contribution >= 4 is 17.2 Å². The molecule has 0 radical (unpaired) electrons. The Bertz CT molecular complexity index is 1460. The molecule has 34 heavy (non-hydrogen) atoms. The van der Waals surface area contributed by atoms with E-state index in [4.69, 9.17) is 0 Å². The average Bonchev–Trinajstić information content (AvgIpc) is 3.24. The van der Waals surface area contributed by atoms with Gasteiger partial charge in [-0.05, 0) is 115 Å². The summed E-state index contributed by atoms with van der Waals surface area (Å²) in [5, 5.41) is 5.63. The largest absolute Gasteiger partial charge is 0.0761 e. The van der Waals surface area contributed by atoms with Crippen molar-refractivity contribution in [2.24, 2.45) is 5.41 Å². The van der Waals surface area contributed by atoms with E-state index in [9.17, 15) is 0 Å². The first kappa shape index (κ1) is 24.8. The Morgan fingerprint density at radius 2 is 1.41 bits per heavy atom. The van der Waals surface area contributed by atoms with E-state index in [1.165, 1.54) is 65.4 Å². The van der Waals surface area contributed by atoms with E-state index < -0.39 is 0 Å². The number of fused-ring (bicyclic) bond motifs is 2. The van der Waals surface area contributed by atoms with Gasteiger partial charge in [-0.25, -0.2) is 0 Å². The van der Waals surface area contributed by atoms with Crippen LogP contribution in [-0.2, 0) is 10.8 Å². The number of hydrogen-bond donors (Lipinski definition) is 0. The Hall–Kier alpha value is -2.34. The van der Waals surface area contributed by atoms with Crippen LogP contribution in [0.15, 0.2) is 41.5 Å². The van der Waals surface area contributed by atoms with Crippen LogP contribution in [0.1, 0.15) is 112 Å². The molecule has 0 unspecified atom stereocenters. The highest BCUT2D eigenvalue weighted by molar-refractivity contribution is 5.84. The van der Waals surface area contributed by atoms with Gasteiger partial charge in [-0.15, -0.1) is 0 Å². The summed E-state index contributed by atoms with van der Waals surface area (Å²) in [6.07, 6.45) is 5.96. The molecule has 0 heteroatoms. The molecule has 0 nitrogen and oxygen atoms in total. The molecular weight excluding hydrogens is 408 g/mol. The lowest BCUT2D eigenvalue weighted by molar-refractivity contribution is 0.512. The molecule has 4 rings (SSSR count). The van der Waals surface area contributed by atoms with Gasteiger partial charge in [0.1, 0.15) is 0 Å². The van der Waals surface area contributed by atoms with Crippen LogP contribution in [0.25, 0.3) is 17.2 Å². The summed E-state index contributed by atoms with van der Waals surface area (Å²) in [7, 11) is 0. The van der Waals surface area contributed by atoms with Crippen molar-refractivity contribution < 1.29 is 0 Å². The molecule has 180 valence electrons. The first-order chi connectivity index (χ1) is 15.5.